The summed E-state index contributed by atoms with van der Waals surface area (Å²) in [5.74, 6) is 0. The van der Waals surface area contributed by atoms with Crippen LogP contribution in [0.25, 0.3) is 5.57 Å². The van der Waals surface area contributed by atoms with E-state index in [1.807, 2.05) is 18.5 Å². The summed E-state index contributed by atoms with van der Waals surface area (Å²) in [6, 6.07) is 2.06. The van der Waals surface area contributed by atoms with Crippen molar-refractivity contribution in [1.29, 1.82) is 0 Å². The first kappa shape index (κ1) is 8.05. The molecule has 0 radical (unpaired) electrons. The minimum atomic E-state index is 0.913. The molecule has 0 unspecified atom stereocenters. The number of hydrogen-bond donors (Lipinski definition) is 0. The first-order valence-corrected chi connectivity index (χ1v) is 3.85. The van der Waals surface area contributed by atoms with E-state index in [1.165, 1.54) is 0 Å². The van der Waals surface area contributed by atoms with Crippen LogP contribution in [0.5, 0.6) is 0 Å². The van der Waals surface area contributed by atoms with E-state index in [0.29, 0.717) is 0 Å². The Labute approximate surface area is 67.5 Å². The number of rotatable bonds is 2. The molecule has 0 aliphatic heterocycles. The van der Waals surface area contributed by atoms with Crippen LogP contribution in [-0.4, -0.2) is 9.78 Å². The topological polar surface area (TPSA) is 17.8 Å². The van der Waals surface area contributed by atoms with Gasteiger partial charge in [0.25, 0.3) is 0 Å². The Balaban J connectivity index is 3.12. The summed E-state index contributed by atoms with van der Waals surface area (Å²) in [6.07, 6.45) is 0. The van der Waals surface area contributed by atoms with E-state index in [4.69, 9.17) is 0 Å². The third-order valence-electron chi connectivity index (χ3n) is 1.64. The minimum Gasteiger partial charge on any atom is -0.265 e. The lowest BCUT2D eigenvalue weighted by molar-refractivity contribution is 0.645. The van der Waals surface area contributed by atoms with Gasteiger partial charge >= 0.3 is 0 Å². The molecule has 2 nitrogen and oxygen atoms in total. The fourth-order valence-electron chi connectivity index (χ4n) is 1.13. The molecule has 1 aromatic heterocycles. The van der Waals surface area contributed by atoms with Crippen molar-refractivity contribution < 1.29 is 0 Å². The van der Waals surface area contributed by atoms with Gasteiger partial charge in [-0.3, -0.25) is 4.68 Å². The Kier molecular flexibility index (Phi) is 2.13. The van der Waals surface area contributed by atoms with Gasteiger partial charge in [0.2, 0.25) is 0 Å². The van der Waals surface area contributed by atoms with E-state index in [0.717, 1.165) is 23.5 Å². The second-order valence-electron chi connectivity index (χ2n) is 2.77. The van der Waals surface area contributed by atoms with Gasteiger partial charge in [-0.15, -0.1) is 0 Å². The molecule has 0 aliphatic rings. The number of hydrogen-bond acceptors (Lipinski definition) is 1. The highest BCUT2D eigenvalue weighted by Crippen LogP contribution is 2.12. The van der Waals surface area contributed by atoms with Crippen molar-refractivity contribution in [2.45, 2.75) is 27.3 Å². The summed E-state index contributed by atoms with van der Waals surface area (Å²) in [5.41, 5.74) is 3.28. The van der Waals surface area contributed by atoms with Crippen LogP contribution in [0.15, 0.2) is 12.6 Å². The Morgan fingerprint density at radius 2 is 2.36 bits per heavy atom. The van der Waals surface area contributed by atoms with Gasteiger partial charge in [-0.05, 0) is 32.4 Å². The van der Waals surface area contributed by atoms with Crippen LogP contribution < -0.4 is 0 Å². The zero-order valence-corrected chi connectivity index (χ0v) is 7.39. The number of aromatic nitrogens is 2. The quantitative estimate of drug-likeness (QED) is 0.632. The maximum atomic E-state index is 4.31. The Morgan fingerprint density at radius 3 is 2.73 bits per heavy atom. The van der Waals surface area contributed by atoms with Gasteiger partial charge in [0.1, 0.15) is 0 Å². The number of allylic oxidation sites excluding steroid dienone is 1. The van der Waals surface area contributed by atoms with Gasteiger partial charge in [0.15, 0.2) is 0 Å². The van der Waals surface area contributed by atoms with Gasteiger partial charge < -0.3 is 0 Å². The van der Waals surface area contributed by atoms with Crippen LogP contribution in [0.1, 0.15) is 25.2 Å². The van der Waals surface area contributed by atoms with Gasteiger partial charge in [0, 0.05) is 6.54 Å². The molecule has 11 heavy (non-hydrogen) atoms. The van der Waals surface area contributed by atoms with Crippen LogP contribution in [0, 0.1) is 6.92 Å². The van der Waals surface area contributed by atoms with Crippen LogP contribution in [0.4, 0.5) is 0 Å². The molecule has 0 amide bonds. The van der Waals surface area contributed by atoms with Gasteiger partial charge in [-0.2, -0.15) is 5.10 Å². The molecule has 0 saturated heterocycles. The van der Waals surface area contributed by atoms with Crippen molar-refractivity contribution in [1.82, 2.24) is 9.78 Å². The average molecular weight is 150 g/mol. The summed E-state index contributed by atoms with van der Waals surface area (Å²) in [4.78, 5) is 0. The third-order valence-corrected chi connectivity index (χ3v) is 1.64. The van der Waals surface area contributed by atoms with Gasteiger partial charge in [-0.1, -0.05) is 6.58 Å². The molecule has 0 aromatic carbocycles. The van der Waals surface area contributed by atoms with E-state index in [2.05, 4.69) is 24.7 Å². The zero-order valence-electron chi connectivity index (χ0n) is 7.39. The molecular formula is C9H14N2. The standard InChI is InChI=1S/C9H14N2/c1-5-11-9(7(2)3)6-8(4)10-11/h6H,2,5H2,1,3-4H3. The first-order valence-electron chi connectivity index (χ1n) is 3.85. The molecule has 1 aromatic rings. The van der Waals surface area contributed by atoms with Crippen LogP contribution in [0.3, 0.4) is 0 Å². The number of nitrogens with zero attached hydrogens (tertiary/aromatic N) is 2. The maximum absolute atomic E-state index is 4.31. The lowest BCUT2D eigenvalue weighted by Gasteiger charge is -2.01. The van der Waals surface area contributed by atoms with E-state index in [1.54, 1.807) is 0 Å². The third kappa shape index (κ3) is 1.50. The first-order chi connectivity index (χ1) is 5.15. The fourth-order valence-corrected chi connectivity index (χ4v) is 1.13. The van der Waals surface area contributed by atoms with Gasteiger partial charge in [0.05, 0.1) is 11.4 Å². The van der Waals surface area contributed by atoms with E-state index < -0.39 is 0 Å². The summed E-state index contributed by atoms with van der Waals surface area (Å²) < 4.78 is 1.97. The molecular weight excluding hydrogens is 136 g/mol. The highest BCUT2D eigenvalue weighted by molar-refractivity contribution is 5.58. The zero-order chi connectivity index (χ0) is 8.43. The normalized spacial score (nSPS) is 10.1. The van der Waals surface area contributed by atoms with Crippen LogP contribution in [-0.2, 0) is 6.54 Å². The molecule has 1 rings (SSSR count). The molecule has 0 bridgehead atoms. The predicted molar refractivity (Wildman–Crippen MR) is 47.3 cm³/mol. The smallest absolute Gasteiger partial charge is 0.0635 e. The molecule has 0 spiro atoms. The molecule has 60 valence electrons. The SMILES string of the molecule is C=C(C)c1cc(C)nn1CC. The molecule has 0 aliphatic carbocycles. The second-order valence-corrected chi connectivity index (χ2v) is 2.77. The average Bonchev–Trinajstić information content (AvgIpc) is 2.30. The molecule has 1 heterocycles. The minimum absolute atomic E-state index is 0.913. The van der Waals surface area contributed by atoms with Crippen LogP contribution >= 0.6 is 0 Å². The highest BCUT2D eigenvalue weighted by atomic mass is 15.3. The Hall–Kier alpha value is -1.05. The van der Waals surface area contributed by atoms with Gasteiger partial charge in [-0.25, -0.2) is 0 Å². The maximum Gasteiger partial charge on any atom is 0.0635 e. The molecule has 0 N–H and O–H groups in total. The van der Waals surface area contributed by atoms with Crippen molar-refractivity contribution in [2.75, 3.05) is 0 Å². The fraction of sp³-hybridized carbons (Fsp3) is 0.444. The van der Waals surface area contributed by atoms with Crippen molar-refractivity contribution in [3.05, 3.63) is 24.0 Å². The summed E-state index contributed by atoms with van der Waals surface area (Å²) in [5, 5.41) is 4.31. The molecule has 0 fully saturated rings. The van der Waals surface area contributed by atoms with Crippen molar-refractivity contribution in [3.63, 3.8) is 0 Å². The summed E-state index contributed by atoms with van der Waals surface area (Å²) in [7, 11) is 0. The Morgan fingerprint density at radius 1 is 1.73 bits per heavy atom. The molecule has 2 heteroatoms. The van der Waals surface area contributed by atoms with E-state index >= 15 is 0 Å². The summed E-state index contributed by atoms with van der Waals surface area (Å²) >= 11 is 0. The van der Waals surface area contributed by atoms with E-state index in [9.17, 15) is 0 Å². The monoisotopic (exact) mass is 150 g/mol. The van der Waals surface area contributed by atoms with Crippen molar-refractivity contribution in [2.24, 2.45) is 0 Å². The second kappa shape index (κ2) is 2.91. The Bertz CT molecular complexity index is 271. The molecule has 0 saturated carbocycles. The summed E-state index contributed by atoms with van der Waals surface area (Å²) in [6.45, 7) is 10.9. The lowest BCUT2D eigenvalue weighted by atomic mass is 10.2. The highest BCUT2D eigenvalue weighted by Gasteiger charge is 2.02. The number of aryl methyl sites for hydroxylation is 2. The predicted octanol–water partition coefficient (Wildman–Crippen LogP) is 2.24. The largest absolute Gasteiger partial charge is 0.265 e. The van der Waals surface area contributed by atoms with E-state index in [-0.39, 0.29) is 0 Å². The lowest BCUT2D eigenvalue weighted by Crippen LogP contribution is -2.00. The van der Waals surface area contributed by atoms with Crippen molar-refractivity contribution in [3.8, 4) is 0 Å². The van der Waals surface area contributed by atoms with Crippen molar-refractivity contribution >= 4 is 5.57 Å². The van der Waals surface area contributed by atoms with Crippen LogP contribution in [0.2, 0.25) is 0 Å². The molecule has 0 atom stereocenters.